The summed E-state index contributed by atoms with van der Waals surface area (Å²) in [5.74, 6) is 0.610. The molecule has 0 spiro atoms. The summed E-state index contributed by atoms with van der Waals surface area (Å²) in [5.41, 5.74) is 4.73. The van der Waals surface area contributed by atoms with Gasteiger partial charge in [-0.1, -0.05) is 64.0 Å². The van der Waals surface area contributed by atoms with E-state index in [1.807, 2.05) is 86.7 Å². The molecule has 0 bridgehead atoms. The molecule has 3 aromatic carbocycles. The van der Waals surface area contributed by atoms with Crippen molar-refractivity contribution in [3.05, 3.63) is 104 Å². The molecule has 0 atom stereocenters. The Morgan fingerprint density at radius 3 is 2.43 bits per heavy atom. The van der Waals surface area contributed by atoms with Crippen LogP contribution in [0.3, 0.4) is 0 Å². The molecule has 0 aliphatic heterocycles. The highest BCUT2D eigenvalue weighted by Gasteiger charge is 2.12. The van der Waals surface area contributed by atoms with E-state index < -0.39 is 0 Å². The summed E-state index contributed by atoms with van der Waals surface area (Å²) in [6.45, 7) is 4.07. The van der Waals surface area contributed by atoms with Gasteiger partial charge in [-0.3, -0.25) is 9.36 Å². The second kappa shape index (κ2) is 7.56. The van der Waals surface area contributed by atoms with Gasteiger partial charge in [-0.15, -0.1) is 0 Å². The van der Waals surface area contributed by atoms with Gasteiger partial charge in [-0.25, -0.2) is 4.98 Å². The fourth-order valence-corrected chi connectivity index (χ4v) is 3.56. The van der Waals surface area contributed by atoms with Gasteiger partial charge in [0.2, 0.25) is 0 Å². The van der Waals surface area contributed by atoms with E-state index in [9.17, 15) is 4.79 Å². The molecule has 1 heterocycles. The van der Waals surface area contributed by atoms with Crippen molar-refractivity contribution < 1.29 is 0 Å². The smallest absolute Gasteiger partial charge is 0.266 e. The predicted octanol–water partition coefficient (Wildman–Crippen LogP) is 5.94. The van der Waals surface area contributed by atoms with Gasteiger partial charge in [0, 0.05) is 4.47 Å². The topological polar surface area (TPSA) is 34.9 Å². The second-order valence-corrected chi connectivity index (χ2v) is 7.72. The Bertz CT molecular complexity index is 1250. The molecule has 0 saturated heterocycles. The summed E-state index contributed by atoms with van der Waals surface area (Å²) in [6.07, 6.45) is 3.87. The average molecular weight is 431 g/mol. The van der Waals surface area contributed by atoms with E-state index >= 15 is 0 Å². The van der Waals surface area contributed by atoms with Gasteiger partial charge < -0.3 is 0 Å². The third kappa shape index (κ3) is 3.56. The van der Waals surface area contributed by atoms with E-state index in [0.29, 0.717) is 16.7 Å². The third-order valence-electron chi connectivity index (χ3n) is 4.69. The number of halogens is 1. The lowest BCUT2D eigenvalue weighted by Crippen LogP contribution is -2.23. The Hall–Kier alpha value is -2.98. The third-order valence-corrected chi connectivity index (χ3v) is 5.22. The molecule has 0 radical (unpaired) electrons. The van der Waals surface area contributed by atoms with Crippen LogP contribution in [0.15, 0.2) is 76.0 Å². The molecule has 0 fully saturated rings. The molecule has 0 amide bonds. The van der Waals surface area contributed by atoms with Crippen LogP contribution in [0, 0.1) is 13.8 Å². The van der Waals surface area contributed by atoms with Gasteiger partial charge in [0.1, 0.15) is 5.82 Å². The van der Waals surface area contributed by atoms with Crippen molar-refractivity contribution in [2.24, 2.45) is 0 Å². The number of rotatable bonds is 3. The Kier molecular flexibility index (Phi) is 4.97. The predicted molar refractivity (Wildman–Crippen MR) is 120 cm³/mol. The minimum atomic E-state index is -0.0620. The molecule has 138 valence electrons. The monoisotopic (exact) mass is 430 g/mol. The van der Waals surface area contributed by atoms with Crippen LogP contribution in [-0.2, 0) is 0 Å². The van der Waals surface area contributed by atoms with Crippen molar-refractivity contribution in [1.29, 1.82) is 0 Å². The first-order valence-electron chi connectivity index (χ1n) is 9.06. The molecule has 0 aliphatic rings. The van der Waals surface area contributed by atoms with Crippen LogP contribution in [0.5, 0.6) is 0 Å². The number of hydrogen-bond donors (Lipinski definition) is 0. The summed E-state index contributed by atoms with van der Waals surface area (Å²) in [7, 11) is 0. The maximum atomic E-state index is 13.3. The first-order valence-corrected chi connectivity index (χ1v) is 9.85. The van der Waals surface area contributed by atoms with E-state index in [0.717, 1.165) is 26.9 Å². The molecule has 4 aromatic rings. The van der Waals surface area contributed by atoms with Gasteiger partial charge in [-0.2, -0.15) is 0 Å². The summed E-state index contributed by atoms with van der Waals surface area (Å²) in [5, 5.41) is 0.614. The van der Waals surface area contributed by atoms with Crippen molar-refractivity contribution >= 4 is 39.0 Å². The van der Waals surface area contributed by atoms with Crippen LogP contribution >= 0.6 is 15.9 Å². The van der Waals surface area contributed by atoms with E-state index in [2.05, 4.69) is 22.0 Å². The van der Waals surface area contributed by atoms with Gasteiger partial charge >= 0.3 is 0 Å². The first kappa shape index (κ1) is 18.4. The van der Waals surface area contributed by atoms with Crippen molar-refractivity contribution in [2.75, 3.05) is 0 Å². The summed E-state index contributed by atoms with van der Waals surface area (Å²) in [4.78, 5) is 18.1. The Morgan fingerprint density at radius 2 is 1.68 bits per heavy atom. The van der Waals surface area contributed by atoms with Gasteiger partial charge in [0.15, 0.2) is 0 Å². The molecular weight excluding hydrogens is 412 g/mol. The minimum absolute atomic E-state index is 0.0620. The van der Waals surface area contributed by atoms with Crippen LogP contribution in [0.25, 0.3) is 28.7 Å². The SMILES string of the molecule is Cc1ccc(-n2c(/C=C/c3ccc(Br)cc3)nc3ccccc3c2=O)c(C)c1. The highest BCUT2D eigenvalue weighted by atomic mass is 79.9. The molecule has 1 aromatic heterocycles. The summed E-state index contributed by atoms with van der Waals surface area (Å²) < 4.78 is 2.73. The Morgan fingerprint density at radius 1 is 0.929 bits per heavy atom. The molecule has 4 heteroatoms. The van der Waals surface area contributed by atoms with E-state index in [1.54, 1.807) is 4.57 Å². The number of aryl methyl sites for hydroxylation is 2. The zero-order valence-electron chi connectivity index (χ0n) is 15.7. The highest BCUT2D eigenvalue weighted by molar-refractivity contribution is 9.10. The number of nitrogens with zero attached hydrogens (tertiary/aromatic N) is 2. The van der Waals surface area contributed by atoms with Crippen molar-refractivity contribution in [2.45, 2.75) is 13.8 Å². The molecule has 0 unspecified atom stereocenters. The molecule has 28 heavy (non-hydrogen) atoms. The van der Waals surface area contributed by atoms with Gasteiger partial charge in [0.25, 0.3) is 5.56 Å². The minimum Gasteiger partial charge on any atom is -0.268 e. The maximum absolute atomic E-state index is 13.3. The number of para-hydroxylation sites is 1. The second-order valence-electron chi connectivity index (χ2n) is 6.80. The largest absolute Gasteiger partial charge is 0.268 e. The average Bonchev–Trinajstić information content (AvgIpc) is 2.69. The summed E-state index contributed by atoms with van der Waals surface area (Å²) in [6, 6.07) is 21.6. The zero-order chi connectivity index (χ0) is 19.7. The standard InChI is InChI=1S/C24H19BrN2O/c1-16-7-13-22(17(2)15-16)27-23(14-10-18-8-11-19(25)12-9-18)26-21-6-4-3-5-20(21)24(27)28/h3-15H,1-2H3/b14-10+. The molecule has 0 N–H and O–H groups in total. The van der Waals surface area contributed by atoms with Crippen LogP contribution in [-0.4, -0.2) is 9.55 Å². The number of benzene rings is 3. The maximum Gasteiger partial charge on any atom is 0.266 e. The normalized spacial score (nSPS) is 11.4. The van der Waals surface area contributed by atoms with Crippen molar-refractivity contribution in [3.63, 3.8) is 0 Å². The fraction of sp³-hybridized carbons (Fsp3) is 0.0833. The first-order chi connectivity index (χ1) is 13.5. The fourth-order valence-electron chi connectivity index (χ4n) is 3.30. The Labute approximate surface area is 172 Å². The molecule has 0 saturated carbocycles. The van der Waals surface area contributed by atoms with E-state index in [1.165, 1.54) is 0 Å². The van der Waals surface area contributed by atoms with E-state index in [-0.39, 0.29) is 5.56 Å². The van der Waals surface area contributed by atoms with Crippen LogP contribution in [0.4, 0.5) is 0 Å². The van der Waals surface area contributed by atoms with Crippen LogP contribution in [0.2, 0.25) is 0 Å². The number of aromatic nitrogens is 2. The van der Waals surface area contributed by atoms with Crippen LogP contribution < -0.4 is 5.56 Å². The van der Waals surface area contributed by atoms with Crippen molar-refractivity contribution in [1.82, 2.24) is 9.55 Å². The molecule has 3 nitrogen and oxygen atoms in total. The summed E-state index contributed by atoms with van der Waals surface area (Å²) >= 11 is 3.45. The lowest BCUT2D eigenvalue weighted by molar-refractivity contribution is 0.933. The molecule has 0 aliphatic carbocycles. The lowest BCUT2D eigenvalue weighted by Gasteiger charge is -2.14. The molecular formula is C24H19BrN2O. The van der Waals surface area contributed by atoms with Gasteiger partial charge in [0.05, 0.1) is 16.6 Å². The highest BCUT2D eigenvalue weighted by Crippen LogP contribution is 2.19. The molecule has 4 rings (SSSR count). The number of fused-ring (bicyclic) bond motifs is 1. The van der Waals surface area contributed by atoms with Crippen molar-refractivity contribution in [3.8, 4) is 5.69 Å². The van der Waals surface area contributed by atoms with Crippen LogP contribution in [0.1, 0.15) is 22.5 Å². The zero-order valence-corrected chi connectivity index (χ0v) is 17.3. The number of hydrogen-bond acceptors (Lipinski definition) is 2. The van der Waals surface area contributed by atoms with Gasteiger partial charge in [-0.05, 0) is 61.4 Å². The van der Waals surface area contributed by atoms with E-state index in [4.69, 9.17) is 4.98 Å². The lowest BCUT2D eigenvalue weighted by atomic mass is 10.1. The Balaban J connectivity index is 1.95. The quantitative estimate of drug-likeness (QED) is 0.403.